The monoisotopic (exact) mass is 430 g/mol. The molecule has 158 valence electrons. The minimum atomic E-state index is -0.308. The van der Waals surface area contributed by atoms with Crippen molar-refractivity contribution >= 4 is 13.3 Å². The molecule has 2 radical (unpaired) electrons. The zero-order valence-electron chi connectivity index (χ0n) is 18.9. The standard InChI is InChI=1S/C33H23B/c34-25-17-15-22(16-18-25)19-27-28-20-30-26-13-7-8-14-31(26)33(32(30)21-29(27)28,23-9-3-1-4-10-23)24-11-5-2-6-12-24/h1-18,20-21,27H,19H2. The van der Waals surface area contributed by atoms with E-state index >= 15 is 0 Å². The third-order valence-corrected chi connectivity index (χ3v) is 7.75. The molecule has 0 N–H and O–H groups in total. The Morgan fingerprint density at radius 2 is 1.15 bits per heavy atom. The van der Waals surface area contributed by atoms with E-state index in [9.17, 15) is 0 Å². The van der Waals surface area contributed by atoms with E-state index in [4.69, 9.17) is 7.85 Å². The van der Waals surface area contributed by atoms with E-state index in [0.29, 0.717) is 5.92 Å². The lowest BCUT2D eigenvalue weighted by molar-refractivity contribution is 0.768. The Balaban J connectivity index is 1.45. The van der Waals surface area contributed by atoms with E-state index in [0.717, 1.165) is 11.9 Å². The first-order valence-electron chi connectivity index (χ1n) is 12.0. The smallest absolute Gasteiger partial charge is 0.0967 e. The number of fused-ring (bicyclic) bond motifs is 4. The fourth-order valence-corrected chi connectivity index (χ4v) is 6.14. The van der Waals surface area contributed by atoms with E-state index < -0.39 is 0 Å². The van der Waals surface area contributed by atoms with Crippen molar-refractivity contribution in [1.29, 1.82) is 0 Å². The number of hydrogen-bond acceptors (Lipinski definition) is 0. The summed E-state index contributed by atoms with van der Waals surface area (Å²) >= 11 is 0. The van der Waals surface area contributed by atoms with Gasteiger partial charge in [-0.25, -0.2) is 0 Å². The average Bonchev–Trinajstić information content (AvgIpc) is 3.48. The van der Waals surface area contributed by atoms with Crippen molar-refractivity contribution < 1.29 is 0 Å². The summed E-state index contributed by atoms with van der Waals surface area (Å²) < 4.78 is 0. The average molecular weight is 430 g/mol. The molecule has 0 aliphatic heterocycles. The maximum atomic E-state index is 5.91. The Morgan fingerprint density at radius 3 is 1.82 bits per heavy atom. The maximum absolute atomic E-state index is 5.91. The van der Waals surface area contributed by atoms with Gasteiger partial charge in [-0.3, -0.25) is 0 Å². The first-order valence-corrected chi connectivity index (χ1v) is 12.0. The summed E-state index contributed by atoms with van der Waals surface area (Å²) in [6.45, 7) is 0. The van der Waals surface area contributed by atoms with Crippen LogP contribution in [0.4, 0.5) is 0 Å². The van der Waals surface area contributed by atoms with E-state index in [1.54, 1.807) is 0 Å². The van der Waals surface area contributed by atoms with Crippen LogP contribution in [0, 0.1) is 0 Å². The summed E-state index contributed by atoms with van der Waals surface area (Å²) in [4.78, 5) is 0. The molecule has 0 saturated carbocycles. The summed E-state index contributed by atoms with van der Waals surface area (Å²) in [6, 6.07) is 44.3. The molecule has 0 bridgehead atoms. The molecule has 34 heavy (non-hydrogen) atoms. The molecule has 1 unspecified atom stereocenters. The van der Waals surface area contributed by atoms with Gasteiger partial charge in [0, 0.05) is 5.92 Å². The predicted molar refractivity (Wildman–Crippen MR) is 141 cm³/mol. The van der Waals surface area contributed by atoms with Crippen LogP contribution in [-0.2, 0) is 11.8 Å². The van der Waals surface area contributed by atoms with E-state index in [1.807, 2.05) is 12.1 Å². The topological polar surface area (TPSA) is 0 Å². The lowest BCUT2D eigenvalue weighted by Crippen LogP contribution is -2.28. The Hall–Kier alpha value is -3.84. The molecule has 0 nitrogen and oxygen atoms in total. The van der Waals surface area contributed by atoms with Gasteiger partial charge in [0.15, 0.2) is 0 Å². The fourth-order valence-electron chi connectivity index (χ4n) is 6.14. The van der Waals surface area contributed by atoms with Crippen molar-refractivity contribution in [3.63, 3.8) is 0 Å². The van der Waals surface area contributed by atoms with Crippen LogP contribution >= 0.6 is 0 Å². The predicted octanol–water partition coefficient (Wildman–Crippen LogP) is 6.53. The SMILES string of the molecule is [B]c1ccc(CC2c3cc4c(cc32)C(c2ccccc2)(c2ccccc2)c2ccccc2-4)cc1. The van der Waals surface area contributed by atoms with Gasteiger partial charge in [0.2, 0.25) is 0 Å². The zero-order chi connectivity index (χ0) is 22.7. The largest absolute Gasteiger partial charge is 0.113 e. The van der Waals surface area contributed by atoms with Crippen molar-refractivity contribution in [3.05, 3.63) is 160 Å². The Bertz CT molecular complexity index is 1480. The Kier molecular flexibility index (Phi) is 4.23. The number of rotatable bonds is 4. The van der Waals surface area contributed by atoms with Gasteiger partial charge in [-0.05, 0) is 62.6 Å². The van der Waals surface area contributed by atoms with Crippen molar-refractivity contribution in [3.8, 4) is 11.1 Å². The highest BCUT2D eigenvalue weighted by Crippen LogP contribution is 2.60. The summed E-state index contributed by atoms with van der Waals surface area (Å²) in [6.07, 6.45) is 1.03. The molecule has 1 atom stereocenters. The highest BCUT2D eigenvalue weighted by molar-refractivity contribution is 6.32. The van der Waals surface area contributed by atoms with Gasteiger partial charge in [-0.1, -0.05) is 121 Å². The summed E-state index contributed by atoms with van der Waals surface area (Å²) in [5, 5.41) is 0. The Morgan fingerprint density at radius 1 is 0.559 bits per heavy atom. The van der Waals surface area contributed by atoms with Gasteiger partial charge < -0.3 is 0 Å². The van der Waals surface area contributed by atoms with Gasteiger partial charge in [-0.15, -0.1) is 0 Å². The van der Waals surface area contributed by atoms with Crippen molar-refractivity contribution in [2.24, 2.45) is 0 Å². The maximum Gasteiger partial charge on any atom is 0.113 e. The minimum Gasteiger partial charge on any atom is -0.0967 e. The number of benzene rings is 5. The van der Waals surface area contributed by atoms with Gasteiger partial charge in [-0.2, -0.15) is 0 Å². The van der Waals surface area contributed by atoms with Crippen LogP contribution in [0.3, 0.4) is 0 Å². The highest BCUT2D eigenvalue weighted by Gasteiger charge is 2.48. The molecule has 0 saturated heterocycles. The van der Waals surface area contributed by atoms with Crippen molar-refractivity contribution in [2.45, 2.75) is 17.8 Å². The first kappa shape index (κ1) is 19.6. The quantitative estimate of drug-likeness (QED) is 0.279. The third kappa shape index (κ3) is 2.74. The van der Waals surface area contributed by atoms with Crippen LogP contribution in [0.2, 0.25) is 0 Å². The third-order valence-electron chi connectivity index (χ3n) is 7.75. The molecule has 0 fully saturated rings. The molecule has 5 aromatic carbocycles. The van der Waals surface area contributed by atoms with Gasteiger partial charge in [0.25, 0.3) is 0 Å². The lowest BCUT2D eigenvalue weighted by atomic mass is 9.68. The van der Waals surface area contributed by atoms with Crippen LogP contribution in [0.5, 0.6) is 0 Å². The molecular formula is C33H23B. The molecule has 0 spiro atoms. The number of hydrogen-bond donors (Lipinski definition) is 0. The van der Waals surface area contributed by atoms with E-state index in [2.05, 4.69) is 109 Å². The molecule has 2 aliphatic carbocycles. The van der Waals surface area contributed by atoms with Crippen LogP contribution in [0.1, 0.15) is 44.9 Å². The molecule has 0 heterocycles. The van der Waals surface area contributed by atoms with Gasteiger partial charge in [0.1, 0.15) is 7.85 Å². The van der Waals surface area contributed by atoms with Gasteiger partial charge in [0.05, 0.1) is 5.41 Å². The fraction of sp³-hybridized carbons (Fsp3) is 0.0909. The second-order valence-corrected chi connectivity index (χ2v) is 9.55. The van der Waals surface area contributed by atoms with Crippen LogP contribution in [0.25, 0.3) is 11.1 Å². The molecule has 0 amide bonds. The van der Waals surface area contributed by atoms with Gasteiger partial charge >= 0.3 is 0 Å². The highest BCUT2D eigenvalue weighted by atomic mass is 14.5. The zero-order valence-corrected chi connectivity index (χ0v) is 18.9. The van der Waals surface area contributed by atoms with E-state index in [1.165, 1.54) is 50.1 Å². The molecule has 7 rings (SSSR count). The second-order valence-electron chi connectivity index (χ2n) is 9.55. The van der Waals surface area contributed by atoms with Crippen molar-refractivity contribution in [2.75, 3.05) is 0 Å². The molecular weight excluding hydrogens is 407 g/mol. The molecule has 2 aliphatic rings. The molecule has 0 aromatic heterocycles. The normalized spacial score (nSPS) is 16.4. The minimum absolute atomic E-state index is 0.308. The first-order chi connectivity index (χ1) is 16.8. The second kappa shape index (κ2) is 7.33. The van der Waals surface area contributed by atoms with Crippen LogP contribution < -0.4 is 5.46 Å². The summed E-state index contributed by atoms with van der Waals surface area (Å²) in [7, 11) is 5.91. The molecule has 5 aromatic rings. The van der Waals surface area contributed by atoms with Crippen molar-refractivity contribution in [1.82, 2.24) is 0 Å². The summed E-state index contributed by atoms with van der Waals surface area (Å²) in [5.74, 6) is 0.491. The lowest BCUT2D eigenvalue weighted by Gasteiger charge is -2.33. The Labute approximate surface area is 202 Å². The molecule has 1 heteroatoms. The van der Waals surface area contributed by atoms with Crippen LogP contribution in [0.15, 0.2) is 121 Å². The van der Waals surface area contributed by atoms with E-state index in [-0.39, 0.29) is 5.41 Å². The van der Waals surface area contributed by atoms with Crippen LogP contribution in [-0.4, -0.2) is 7.85 Å². The summed E-state index contributed by atoms with van der Waals surface area (Å²) in [5.41, 5.74) is 13.0.